The van der Waals surface area contributed by atoms with Gasteiger partial charge in [0.1, 0.15) is 11.6 Å². The number of aromatic nitrogens is 1. The fourth-order valence-corrected chi connectivity index (χ4v) is 1.51. The van der Waals surface area contributed by atoms with Crippen molar-refractivity contribution in [1.29, 1.82) is 0 Å². The van der Waals surface area contributed by atoms with Crippen LogP contribution in [0.5, 0.6) is 0 Å². The van der Waals surface area contributed by atoms with Gasteiger partial charge in [-0.3, -0.25) is 0 Å². The van der Waals surface area contributed by atoms with E-state index in [4.69, 9.17) is 10.3 Å². The number of nitrogens with zero attached hydrogens (tertiary/aromatic N) is 1. The van der Waals surface area contributed by atoms with Crippen LogP contribution in [0.15, 0.2) is 22.7 Å². The van der Waals surface area contributed by atoms with E-state index in [2.05, 4.69) is 5.16 Å². The van der Waals surface area contributed by atoms with Crippen LogP contribution in [0.3, 0.4) is 0 Å². The minimum atomic E-state index is -0.563. The first-order valence-corrected chi connectivity index (χ1v) is 4.74. The van der Waals surface area contributed by atoms with Gasteiger partial charge in [0.25, 0.3) is 0 Å². The molecule has 2 N–H and O–H groups in total. The van der Waals surface area contributed by atoms with Gasteiger partial charge < -0.3 is 10.3 Å². The summed E-state index contributed by atoms with van der Waals surface area (Å²) in [5.74, 6) is -0.905. The summed E-state index contributed by atoms with van der Waals surface area (Å²) in [4.78, 5) is 0. The lowest BCUT2D eigenvalue weighted by Gasteiger charge is -2.01. The van der Waals surface area contributed by atoms with E-state index in [0.717, 1.165) is 18.2 Å². The van der Waals surface area contributed by atoms with E-state index in [1.807, 2.05) is 0 Å². The average molecular weight is 224 g/mol. The first kappa shape index (κ1) is 10.8. The van der Waals surface area contributed by atoms with Gasteiger partial charge in [0, 0.05) is 12.1 Å². The Morgan fingerprint density at radius 2 is 2.12 bits per heavy atom. The van der Waals surface area contributed by atoms with E-state index in [-0.39, 0.29) is 17.9 Å². The topological polar surface area (TPSA) is 52.0 Å². The van der Waals surface area contributed by atoms with Crippen molar-refractivity contribution in [1.82, 2.24) is 5.16 Å². The molecule has 0 unspecified atom stereocenters. The van der Waals surface area contributed by atoms with Gasteiger partial charge in [0.05, 0.1) is 11.3 Å². The van der Waals surface area contributed by atoms with Crippen LogP contribution in [0.1, 0.15) is 11.3 Å². The van der Waals surface area contributed by atoms with Crippen LogP contribution < -0.4 is 5.73 Å². The highest BCUT2D eigenvalue weighted by Crippen LogP contribution is 2.28. The molecule has 84 valence electrons. The number of rotatable bonds is 2. The van der Waals surface area contributed by atoms with Crippen molar-refractivity contribution in [3.63, 3.8) is 0 Å². The molecule has 1 heterocycles. The number of benzene rings is 1. The summed E-state index contributed by atoms with van der Waals surface area (Å²) in [6, 6.07) is 3.15. The molecule has 0 radical (unpaired) electrons. The van der Waals surface area contributed by atoms with Crippen LogP contribution in [0.4, 0.5) is 8.78 Å². The fraction of sp³-hybridized carbons (Fsp3) is 0.182. The average Bonchev–Trinajstić information content (AvgIpc) is 2.63. The lowest BCUT2D eigenvalue weighted by molar-refractivity contribution is 0.424. The lowest BCUT2D eigenvalue weighted by atomic mass is 10.1. The highest BCUT2D eigenvalue weighted by Gasteiger charge is 2.17. The normalized spacial score (nSPS) is 10.8. The Morgan fingerprint density at radius 1 is 1.38 bits per heavy atom. The molecule has 0 aliphatic rings. The van der Waals surface area contributed by atoms with Crippen molar-refractivity contribution < 1.29 is 13.3 Å². The molecule has 0 saturated carbocycles. The van der Waals surface area contributed by atoms with E-state index in [1.165, 1.54) is 0 Å². The second-order valence-corrected chi connectivity index (χ2v) is 3.40. The van der Waals surface area contributed by atoms with Crippen LogP contribution >= 0.6 is 0 Å². The van der Waals surface area contributed by atoms with Crippen LogP contribution in [0.2, 0.25) is 0 Å². The van der Waals surface area contributed by atoms with Crippen molar-refractivity contribution in [2.24, 2.45) is 5.73 Å². The summed E-state index contributed by atoms with van der Waals surface area (Å²) in [7, 11) is 0. The Balaban J connectivity index is 2.62. The molecule has 0 saturated heterocycles. The molecule has 2 aromatic rings. The molecule has 1 aromatic carbocycles. The zero-order valence-corrected chi connectivity index (χ0v) is 8.63. The summed E-state index contributed by atoms with van der Waals surface area (Å²) in [5.41, 5.74) is 6.72. The van der Waals surface area contributed by atoms with Gasteiger partial charge in [-0.05, 0) is 25.1 Å². The Morgan fingerprint density at radius 3 is 2.81 bits per heavy atom. The van der Waals surface area contributed by atoms with Crippen molar-refractivity contribution in [3.05, 3.63) is 41.1 Å². The molecule has 2 rings (SSSR count). The Kier molecular flexibility index (Phi) is 2.70. The minimum Gasteiger partial charge on any atom is -0.356 e. The van der Waals surface area contributed by atoms with E-state index in [1.54, 1.807) is 6.92 Å². The lowest BCUT2D eigenvalue weighted by Crippen LogP contribution is -1.99. The highest BCUT2D eigenvalue weighted by molar-refractivity contribution is 5.62. The number of hydrogen-bond donors (Lipinski definition) is 1. The molecule has 0 fully saturated rings. The largest absolute Gasteiger partial charge is 0.356 e. The van der Waals surface area contributed by atoms with Gasteiger partial charge in [-0.2, -0.15) is 0 Å². The molecule has 3 nitrogen and oxygen atoms in total. The Bertz CT molecular complexity index is 523. The smallest absolute Gasteiger partial charge is 0.174 e. The Hall–Kier alpha value is -1.75. The molecule has 0 aliphatic heterocycles. The van der Waals surface area contributed by atoms with Crippen LogP contribution in [0, 0.1) is 18.6 Å². The summed E-state index contributed by atoms with van der Waals surface area (Å²) in [5, 5.41) is 3.69. The van der Waals surface area contributed by atoms with Crippen LogP contribution in [-0.2, 0) is 6.54 Å². The maximum atomic E-state index is 13.5. The molecule has 0 amide bonds. The summed E-state index contributed by atoms with van der Waals surface area (Å²) in [6.45, 7) is 1.87. The SMILES string of the molecule is Cc1noc(-c2cc(F)ccc2F)c1CN. The van der Waals surface area contributed by atoms with Gasteiger partial charge >= 0.3 is 0 Å². The predicted octanol–water partition coefficient (Wildman–Crippen LogP) is 2.39. The zero-order chi connectivity index (χ0) is 11.7. The van der Waals surface area contributed by atoms with E-state index in [0.29, 0.717) is 11.3 Å². The molecule has 16 heavy (non-hydrogen) atoms. The van der Waals surface area contributed by atoms with E-state index < -0.39 is 11.6 Å². The third-order valence-electron chi connectivity index (χ3n) is 2.36. The monoisotopic (exact) mass is 224 g/mol. The molecule has 0 atom stereocenters. The van der Waals surface area contributed by atoms with Crippen molar-refractivity contribution in [2.75, 3.05) is 0 Å². The second kappa shape index (κ2) is 4.02. The van der Waals surface area contributed by atoms with Gasteiger partial charge in [-0.1, -0.05) is 5.16 Å². The number of nitrogens with two attached hydrogens (primary N) is 1. The van der Waals surface area contributed by atoms with E-state index >= 15 is 0 Å². The molecule has 0 spiro atoms. The van der Waals surface area contributed by atoms with E-state index in [9.17, 15) is 8.78 Å². The number of aryl methyl sites for hydroxylation is 1. The first-order chi connectivity index (χ1) is 7.63. The fourth-order valence-electron chi connectivity index (χ4n) is 1.51. The summed E-state index contributed by atoms with van der Waals surface area (Å²) < 4.78 is 31.5. The maximum Gasteiger partial charge on any atom is 0.174 e. The van der Waals surface area contributed by atoms with Crippen molar-refractivity contribution in [2.45, 2.75) is 13.5 Å². The molecule has 1 aromatic heterocycles. The summed E-state index contributed by atoms with van der Waals surface area (Å²) >= 11 is 0. The predicted molar refractivity (Wildman–Crippen MR) is 54.5 cm³/mol. The van der Waals surface area contributed by atoms with Gasteiger partial charge in [0.15, 0.2) is 5.76 Å². The van der Waals surface area contributed by atoms with Crippen LogP contribution in [0.25, 0.3) is 11.3 Å². The summed E-state index contributed by atoms with van der Waals surface area (Å²) in [6.07, 6.45) is 0. The number of halogens is 2. The Labute approximate surface area is 90.9 Å². The van der Waals surface area contributed by atoms with Gasteiger partial charge in [0.2, 0.25) is 0 Å². The third kappa shape index (κ3) is 1.69. The standard InChI is InChI=1S/C11H10F2N2O/c1-6-9(5-14)11(16-15-6)8-4-7(12)2-3-10(8)13/h2-4H,5,14H2,1H3. The first-order valence-electron chi connectivity index (χ1n) is 4.74. The van der Waals surface area contributed by atoms with Crippen molar-refractivity contribution >= 4 is 0 Å². The number of hydrogen-bond acceptors (Lipinski definition) is 3. The molecule has 5 heteroatoms. The molecular weight excluding hydrogens is 214 g/mol. The third-order valence-corrected chi connectivity index (χ3v) is 2.36. The molecular formula is C11H10F2N2O. The molecule has 0 aliphatic carbocycles. The van der Waals surface area contributed by atoms with Crippen LogP contribution in [-0.4, -0.2) is 5.16 Å². The maximum absolute atomic E-state index is 13.5. The minimum absolute atomic E-state index is 0.0426. The van der Waals surface area contributed by atoms with Gasteiger partial charge in [-0.25, -0.2) is 8.78 Å². The quantitative estimate of drug-likeness (QED) is 0.852. The zero-order valence-electron chi connectivity index (χ0n) is 8.63. The molecule has 0 bridgehead atoms. The van der Waals surface area contributed by atoms with Crippen molar-refractivity contribution in [3.8, 4) is 11.3 Å². The highest BCUT2D eigenvalue weighted by atomic mass is 19.1. The van der Waals surface area contributed by atoms with Gasteiger partial charge in [-0.15, -0.1) is 0 Å². The second-order valence-electron chi connectivity index (χ2n) is 3.40.